The Morgan fingerprint density at radius 1 is 1.50 bits per heavy atom. The van der Waals surface area contributed by atoms with Crippen molar-refractivity contribution >= 4 is 23.3 Å². The van der Waals surface area contributed by atoms with Crippen LogP contribution in [0.5, 0.6) is 5.75 Å². The van der Waals surface area contributed by atoms with E-state index in [9.17, 15) is 14.9 Å². The Kier molecular flexibility index (Phi) is 3.85. The first-order valence-corrected chi connectivity index (χ1v) is 5.68. The highest BCUT2D eigenvalue weighted by atomic mass is 35.5. The Balaban J connectivity index is 2.06. The maximum absolute atomic E-state index is 10.6. The summed E-state index contributed by atoms with van der Waals surface area (Å²) in [6.45, 7) is -0.0647. The molecular weight excluding hydrogens is 290 g/mol. The van der Waals surface area contributed by atoms with Crippen molar-refractivity contribution in [3.05, 3.63) is 51.3 Å². The van der Waals surface area contributed by atoms with Gasteiger partial charge in [0.05, 0.1) is 9.95 Å². The van der Waals surface area contributed by atoms with Crippen LogP contribution in [0.15, 0.2) is 30.5 Å². The molecule has 0 aliphatic carbocycles. The van der Waals surface area contributed by atoms with Crippen LogP contribution in [0.25, 0.3) is 0 Å². The van der Waals surface area contributed by atoms with E-state index >= 15 is 0 Å². The largest absolute Gasteiger partial charge is 0.476 e. The summed E-state index contributed by atoms with van der Waals surface area (Å²) in [7, 11) is 0. The van der Waals surface area contributed by atoms with E-state index in [1.807, 2.05) is 0 Å². The molecule has 0 saturated carbocycles. The highest BCUT2D eigenvalue weighted by molar-refractivity contribution is 6.32. The van der Waals surface area contributed by atoms with Crippen LogP contribution in [-0.4, -0.2) is 25.8 Å². The van der Waals surface area contributed by atoms with Crippen molar-refractivity contribution in [2.75, 3.05) is 0 Å². The van der Waals surface area contributed by atoms with Crippen LogP contribution in [0.4, 0.5) is 5.69 Å². The van der Waals surface area contributed by atoms with Gasteiger partial charge in [-0.05, 0) is 12.1 Å². The number of nitrogens with zero attached hydrogens (tertiary/aromatic N) is 3. The van der Waals surface area contributed by atoms with E-state index in [2.05, 4.69) is 5.10 Å². The molecule has 0 aliphatic rings. The van der Waals surface area contributed by atoms with Gasteiger partial charge in [-0.25, -0.2) is 9.48 Å². The lowest BCUT2D eigenvalue weighted by molar-refractivity contribution is -0.384. The first-order valence-electron chi connectivity index (χ1n) is 5.31. The van der Waals surface area contributed by atoms with Gasteiger partial charge in [0.25, 0.3) is 5.69 Å². The third-order valence-corrected chi connectivity index (χ3v) is 2.63. The number of rotatable bonds is 5. The Labute approximate surface area is 117 Å². The van der Waals surface area contributed by atoms with Crippen molar-refractivity contribution in [1.82, 2.24) is 9.78 Å². The minimum Gasteiger partial charge on any atom is -0.476 e. The molecule has 1 heterocycles. The normalized spacial score (nSPS) is 10.2. The highest BCUT2D eigenvalue weighted by Gasteiger charge is 2.11. The summed E-state index contributed by atoms with van der Waals surface area (Å²) in [5.74, 6) is -0.901. The smallest absolute Gasteiger partial charge is 0.356 e. The lowest BCUT2D eigenvalue weighted by Gasteiger charge is -2.07. The molecule has 0 atom stereocenters. The molecule has 0 saturated heterocycles. The van der Waals surface area contributed by atoms with Crippen molar-refractivity contribution in [3.63, 3.8) is 0 Å². The molecule has 0 fully saturated rings. The number of halogens is 1. The van der Waals surface area contributed by atoms with Gasteiger partial charge in [-0.2, -0.15) is 5.10 Å². The van der Waals surface area contributed by atoms with Crippen molar-refractivity contribution in [1.29, 1.82) is 0 Å². The van der Waals surface area contributed by atoms with Gasteiger partial charge in [0.1, 0.15) is 5.75 Å². The van der Waals surface area contributed by atoms with Crippen LogP contribution in [0, 0.1) is 10.1 Å². The third kappa shape index (κ3) is 3.04. The minimum absolute atomic E-state index is 0.0647. The summed E-state index contributed by atoms with van der Waals surface area (Å²) in [6.07, 6.45) is 1.43. The fourth-order valence-electron chi connectivity index (χ4n) is 1.40. The molecule has 1 aromatic carbocycles. The summed E-state index contributed by atoms with van der Waals surface area (Å²) in [5.41, 5.74) is -0.252. The van der Waals surface area contributed by atoms with E-state index in [-0.39, 0.29) is 28.9 Å². The van der Waals surface area contributed by atoms with E-state index in [1.165, 1.54) is 35.1 Å². The van der Waals surface area contributed by atoms with Crippen molar-refractivity contribution in [2.45, 2.75) is 6.73 Å². The highest BCUT2D eigenvalue weighted by Crippen LogP contribution is 2.28. The first kappa shape index (κ1) is 13.8. The second-order valence-corrected chi connectivity index (χ2v) is 4.10. The number of hydrogen-bond acceptors (Lipinski definition) is 5. The molecule has 0 bridgehead atoms. The van der Waals surface area contributed by atoms with E-state index in [0.717, 1.165) is 0 Å². The summed E-state index contributed by atoms with van der Waals surface area (Å²) < 4.78 is 6.57. The van der Waals surface area contributed by atoms with Gasteiger partial charge in [-0.3, -0.25) is 10.1 Å². The number of nitro benzene ring substituents is 1. The number of non-ortho nitro benzene ring substituents is 1. The van der Waals surface area contributed by atoms with E-state index in [4.69, 9.17) is 21.4 Å². The maximum Gasteiger partial charge on any atom is 0.356 e. The van der Waals surface area contributed by atoms with Gasteiger partial charge in [-0.15, -0.1) is 0 Å². The Morgan fingerprint density at radius 2 is 2.25 bits per heavy atom. The zero-order chi connectivity index (χ0) is 14.7. The first-order chi connectivity index (χ1) is 9.47. The predicted octanol–water partition coefficient (Wildman–Crippen LogP) is 2.18. The molecule has 8 nitrogen and oxygen atoms in total. The lowest BCUT2D eigenvalue weighted by atomic mass is 10.3. The second kappa shape index (κ2) is 5.57. The van der Waals surface area contributed by atoms with Crippen LogP contribution >= 0.6 is 11.6 Å². The number of carbonyl (C=O) groups is 1. The van der Waals surface area contributed by atoms with Crippen LogP contribution in [-0.2, 0) is 6.73 Å². The van der Waals surface area contributed by atoms with Crippen LogP contribution in [0.2, 0.25) is 5.02 Å². The molecule has 0 spiro atoms. The average Bonchev–Trinajstić information content (AvgIpc) is 2.86. The Morgan fingerprint density at radius 3 is 2.80 bits per heavy atom. The van der Waals surface area contributed by atoms with E-state index in [0.29, 0.717) is 0 Å². The minimum atomic E-state index is -1.14. The number of aromatic carboxylic acids is 1. The zero-order valence-corrected chi connectivity index (χ0v) is 10.6. The van der Waals surface area contributed by atoms with Gasteiger partial charge in [-0.1, -0.05) is 11.6 Å². The molecule has 0 amide bonds. The molecule has 0 unspecified atom stereocenters. The van der Waals surface area contributed by atoms with Crippen LogP contribution in [0.1, 0.15) is 10.5 Å². The molecule has 1 aromatic heterocycles. The molecule has 2 rings (SSSR count). The number of hydrogen-bond donors (Lipinski definition) is 1. The van der Waals surface area contributed by atoms with Crippen LogP contribution in [0.3, 0.4) is 0 Å². The second-order valence-electron chi connectivity index (χ2n) is 3.69. The van der Waals surface area contributed by atoms with Gasteiger partial charge in [0.15, 0.2) is 12.4 Å². The monoisotopic (exact) mass is 297 g/mol. The van der Waals surface area contributed by atoms with Crippen molar-refractivity contribution in [2.24, 2.45) is 0 Å². The number of aromatic nitrogens is 2. The SMILES string of the molecule is O=C(O)c1ccn(COc2ccc([N+](=O)[O-])cc2Cl)n1. The summed E-state index contributed by atoms with van der Waals surface area (Å²) >= 11 is 5.84. The third-order valence-electron chi connectivity index (χ3n) is 2.34. The average molecular weight is 298 g/mol. The quantitative estimate of drug-likeness (QED) is 0.669. The zero-order valence-electron chi connectivity index (χ0n) is 9.89. The summed E-state index contributed by atoms with van der Waals surface area (Å²) in [4.78, 5) is 20.6. The fourth-order valence-corrected chi connectivity index (χ4v) is 1.63. The molecular formula is C11H8ClN3O5. The number of carboxylic acids is 1. The molecule has 20 heavy (non-hydrogen) atoms. The molecule has 0 radical (unpaired) electrons. The number of ether oxygens (including phenoxy) is 1. The van der Waals surface area contributed by atoms with E-state index < -0.39 is 10.9 Å². The van der Waals surface area contributed by atoms with Gasteiger partial charge >= 0.3 is 5.97 Å². The Bertz CT molecular complexity index is 670. The van der Waals surface area contributed by atoms with E-state index in [1.54, 1.807) is 0 Å². The van der Waals surface area contributed by atoms with Gasteiger partial charge in [0.2, 0.25) is 0 Å². The Hall–Kier alpha value is -2.61. The maximum atomic E-state index is 10.6. The molecule has 1 N–H and O–H groups in total. The van der Waals surface area contributed by atoms with Gasteiger partial charge < -0.3 is 9.84 Å². The van der Waals surface area contributed by atoms with Crippen molar-refractivity contribution < 1.29 is 19.6 Å². The number of nitro groups is 1. The van der Waals surface area contributed by atoms with Crippen LogP contribution < -0.4 is 4.74 Å². The summed E-state index contributed by atoms with van der Waals surface area (Å²) in [5, 5.41) is 23.1. The summed E-state index contributed by atoms with van der Waals surface area (Å²) in [6, 6.07) is 5.11. The lowest BCUT2D eigenvalue weighted by Crippen LogP contribution is -2.08. The topological polar surface area (TPSA) is 107 Å². The molecule has 2 aromatic rings. The van der Waals surface area contributed by atoms with Gasteiger partial charge in [0, 0.05) is 18.3 Å². The predicted molar refractivity (Wildman–Crippen MR) is 67.9 cm³/mol. The number of carboxylic acid groups (broad SMARTS) is 1. The molecule has 9 heteroatoms. The standard InChI is InChI=1S/C11H8ClN3O5/c12-8-5-7(15(18)19)1-2-10(8)20-6-14-4-3-9(13-14)11(16)17/h1-5H,6H2,(H,16,17). The number of benzene rings is 1. The molecule has 0 aliphatic heterocycles. The molecule has 104 valence electrons. The fraction of sp³-hybridized carbons (Fsp3) is 0.0909. The van der Waals surface area contributed by atoms with Crippen molar-refractivity contribution in [3.8, 4) is 5.75 Å².